The van der Waals surface area contributed by atoms with E-state index in [9.17, 15) is 9.18 Å². The Morgan fingerprint density at radius 3 is 2.42 bits per heavy atom. The molecule has 0 N–H and O–H groups in total. The minimum absolute atomic E-state index is 0.145. The van der Waals surface area contributed by atoms with Crippen molar-refractivity contribution < 1.29 is 9.13 Å². The van der Waals surface area contributed by atoms with Gasteiger partial charge in [-0.3, -0.25) is 4.79 Å². The number of para-hydroxylation sites is 1. The molecule has 9 heteroatoms. The van der Waals surface area contributed by atoms with E-state index < -0.39 is 5.82 Å². The third kappa shape index (κ3) is 4.51. The second-order valence-electron chi connectivity index (χ2n) is 8.39. The van der Waals surface area contributed by atoms with Crippen LogP contribution < -0.4 is 14.8 Å². The SMILES string of the molecule is COc1ccc(-c2nn(-c3ccccc3)cc2/C=c2\sc3nc(/C=C/c4ccccc4)nn3c2=O)cc1F. The molecule has 38 heavy (non-hydrogen) atoms. The molecule has 0 saturated carbocycles. The molecule has 6 rings (SSSR count). The largest absolute Gasteiger partial charge is 0.494 e. The van der Waals surface area contributed by atoms with Crippen molar-refractivity contribution in [1.82, 2.24) is 24.4 Å². The smallest absolute Gasteiger partial charge is 0.291 e. The first kappa shape index (κ1) is 23.5. The zero-order valence-corrected chi connectivity index (χ0v) is 21.0. The van der Waals surface area contributed by atoms with Crippen LogP contribution in [0.1, 0.15) is 17.0 Å². The Morgan fingerprint density at radius 2 is 1.71 bits per heavy atom. The molecular weight excluding hydrogens is 501 g/mol. The van der Waals surface area contributed by atoms with Gasteiger partial charge in [0.1, 0.15) is 5.69 Å². The summed E-state index contributed by atoms with van der Waals surface area (Å²) >= 11 is 1.24. The van der Waals surface area contributed by atoms with Crippen LogP contribution in [0.3, 0.4) is 0 Å². The second kappa shape index (κ2) is 9.87. The molecule has 0 amide bonds. The molecule has 0 atom stereocenters. The highest BCUT2D eigenvalue weighted by molar-refractivity contribution is 7.15. The number of hydrogen-bond acceptors (Lipinski definition) is 6. The van der Waals surface area contributed by atoms with Crippen LogP contribution in [0.4, 0.5) is 4.39 Å². The Kier molecular flexibility index (Phi) is 6.11. The van der Waals surface area contributed by atoms with Crippen molar-refractivity contribution in [1.29, 1.82) is 0 Å². The molecule has 0 aliphatic heterocycles. The Labute approximate surface area is 220 Å². The fourth-order valence-electron chi connectivity index (χ4n) is 4.04. The van der Waals surface area contributed by atoms with E-state index in [4.69, 9.17) is 9.84 Å². The van der Waals surface area contributed by atoms with E-state index in [1.54, 1.807) is 29.0 Å². The third-order valence-electron chi connectivity index (χ3n) is 5.90. The quantitative estimate of drug-likeness (QED) is 0.313. The molecule has 0 aliphatic carbocycles. The lowest BCUT2D eigenvalue weighted by atomic mass is 10.1. The van der Waals surface area contributed by atoms with Crippen LogP contribution in [0.2, 0.25) is 0 Å². The number of methoxy groups -OCH3 is 1. The molecule has 0 bridgehead atoms. The molecule has 0 spiro atoms. The van der Waals surface area contributed by atoms with Crippen molar-refractivity contribution in [3.05, 3.63) is 123 Å². The van der Waals surface area contributed by atoms with Gasteiger partial charge in [0.15, 0.2) is 17.4 Å². The minimum atomic E-state index is -0.496. The van der Waals surface area contributed by atoms with Gasteiger partial charge in [-0.25, -0.2) is 9.07 Å². The summed E-state index contributed by atoms with van der Waals surface area (Å²) in [7, 11) is 1.42. The topological polar surface area (TPSA) is 74.3 Å². The maximum Gasteiger partial charge on any atom is 0.291 e. The Bertz CT molecular complexity index is 1890. The number of benzene rings is 3. The Morgan fingerprint density at radius 1 is 0.947 bits per heavy atom. The van der Waals surface area contributed by atoms with Crippen molar-refractivity contribution in [2.45, 2.75) is 0 Å². The van der Waals surface area contributed by atoms with Crippen LogP contribution >= 0.6 is 11.3 Å². The summed E-state index contributed by atoms with van der Waals surface area (Å²) in [4.78, 5) is 18.2. The summed E-state index contributed by atoms with van der Waals surface area (Å²) in [5.74, 6) is 0.103. The van der Waals surface area contributed by atoms with E-state index in [1.807, 2.05) is 72.9 Å². The van der Waals surface area contributed by atoms with E-state index in [-0.39, 0.29) is 11.3 Å². The highest BCUT2D eigenvalue weighted by Crippen LogP contribution is 2.28. The van der Waals surface area contributed by atoms with Crippen LogP contribution in [0.25, 0.3) is 40.1 Å². The van der Waals surface area contributed by atoms with Crippen LogP contribution in [0.15, 0.2) is 89.9 Å². The average Bonchev–Trinajstić information content (AvgIpc) is 3.63. The second-order valence-corrected chi connectivity index (χ2v) is 9.40. The number of fused-ring (bicyclic) bond motifs is 1. The first-order valence-corrected chi connectivity index (χ1v) is 12.5. The van der Waals surface area contributed by atoms with Gasteiger partial charge in [-0.15, -0.1) is 5.10 Å². The fraction of sp³-hybridized carbons (Fsp3) is 0.0345. The first-order chi connectivity index (χ1) is 18.6. The molecular formula is C29H20FN5O2S. The van der Waals surface area contributed by atoms with E-state index in [2.05, 4.69) is 10.1 Å². The van der Waals surface area contributed by atoms with Gasteiger partial charge in [0.25, 0.3) is 5.56 Å². The van der Waals surface area contributed by atoms with E-state index in [0.29, 0.717) is 32.1 Å². The fourth-order valence-corrected chi connectivity index (χ4v) is 4.95. The first-order valence-electron chi connectivity index (χ1n) is 11.7. The monoisotopic (exact) mass is 521 g/mol. The van der Waals surface area contributed by atoms with Gasteiger partial charge < -0.3 is 4.74 Å². The predicted molar refractivity (Wildman–Crippen MR) is 147 cm³/mol. The molecule has 6 aromatic rings. The summed E-state index contributed by atoms with van der Waals surface area (Å²) in [6.07, 6.45) is 7.23. The van der Waals surface area contributed by atoms with Crippen molar-refractivity contribution in [3.63, 3.8) is 0 Å². The summed E-state index contributed by atoms with van der Waals surface area (Å²) in [6.45, 7) is 0. The Balaban J connectivity index is 1.43. The average molecular weight is 522 g/mol. The van der Waals surface area contributed by atoms with Crippen molar-refractivity contribution in [2.24, 2.45) is 0 Å². The number of nitrogens with zero attached hydrogens (tertiary/aromatic N) is 5. The van der Waals surface area contributed by atoms with Crippen molar-refractivity contribution in [3.8, 4) is 22.7 Å². The highest BCUT2D eigenvalue weighted by atomic mass is 32.1. The van der Waals surface area contributed by atoms with Crippen LogP contribution in [0, 0.1) is 5.82 Å². The lowest BCUT2D eigenvalue weighted by Crippen LogP contribution is -2.23. The zero-order chi connectivity index (χ0) is 26.1. The van der Waals surface area contributed by atoms with Gasteiger partial charge in [-0.05, 0) is 48.0 Å². The number of thiazole rings is 1. The lowest BCUT2D eigenvalue weighted by molar-refractivity contribution is 0.386. The zero-order valence-electron chi connectivity index (χ0n) is 20.2. The highest BCUT2D eigenvalue weighted by Gasteiger charge is 2.15. The maximum absolute atomic E-state index is 14.6. The Hall–Kier alpha value is -4.89. The van der Waals surface area contributed by atoms with E-state index >= 15 is 0 Å². The number of rotatable bonds is 6. The predicted octanol–water partition coefficient (Wildman–Crippen LogP) is 4.87. The summed E-state index contributed by atoms with van der Waals surface area (Å²) < 4.78 is 23.1. The van der Waals surface area contributed by atoms with Crippen LogP contribution in [-0.2, 0) is 0 Å². The number of ether oxygens (including phenoxy) is 1. The third-order valence-corrected chi connectivity index (χ3v) is 6.86. The van der Waals surface area contributed by atoms with Gasteiger partial charge in [0.2, 0.25) is 4.96 Å². The molecule has 0 radical (unpaired) electrons. The normalized spacial score (nSPS) is 12.1. The molecule has 7 nitrogen and oxygen atoms in total. The lowest BCUT2D eigenvalue weighted by Gasteiger charge is -2.04. The van der Waals surface area contributed by atoms with Crippen molar-refractivity contribution in [2.75, 3.05) is 7.11 Å². The van der Waals surface area contributed by atoms with Crippen LogP contribution in [-0.4, -0.2) is 31.5 Å². The van der Waals surface area contributed by atoms with Gasteiger partial charge in [0, 0.05) is 17.3 Å². The summed E-state index contributed by atoms with van der Waals surface area (Å²) in [5.41, 5.74) is 3.31. The molecule has 0 unspecified atom stereocenters. The van der Waals surface area contributed by atoms with Gasteiger partial charge >= 0.3 is 0 Å². The molecule has 3 heterocycles. The van der Waals surface area contributed by atoms with Gasteiger partial charge in [-0.2, -0.15) is 14.6 Å². The molecule has 3 aromatic heterocycles. The maximum atomic E-state index is 14.6. The number of hydrogen-bond donors (Lipinski definition) is 0. The summed E-state index contributed by atoms with van der Waals surface area (Å²) in [5, 5.41) is 9.08. The molecule has 186 valence electrons. The molecule has 0 fully saturated rings. The van der Waals surface area contributed by atoms with Gasteiger partial charge in [0.05, 0.1) is 17.3 Å². The summed E-state index contributed by atoms with van der Waals surface area (Å²) in [6, 6.07) is 24.0. The molecule has 3 aromatic carbocycles. The molecule has 0 saturated heterocycles. The van der Waals surface area contributed by atoms with Crippen molar-refractivity contribution >= 4 is 34.5 Å². The van der Waals surface area contributed by atoms with Crippen LogP contribution in [0.5, 0.6) is 5.75 Å². The van der Waals surface area contributed by atoms with Gasteiger partial charge in [-0.1, -0.05) is 65.9 Å². The van der Waals surface area contributed by atoms with E-state index in [0.717, 1.165) is 11.3 Å². The number of halogens is 1. The minimum Gasteiger partial charge on any atom is -0.494 e. The van der Waals surface area contributed by atoms with E-state index in [1.165, 1.54) is 29.0 Å². The molecule has 0 aliphatic rings. The standard InChI is InChI=1S/C29H20FN5O2S/c1-37-24-14-13-20(16-23(24)30)27-21(18-34(33-27)22-10-6-3-7-11-22)17-25-28(36)35-29(38-25)31-26(32-35)15-12-19-8-4-2-5-9-19/h2-18H,1H3/b15-12+,25-17-. The number of aromatic nitrogens is 5.